The molecule has 26 heteroatoms. The van der Waals surface area contributed by atoms with Gasteiger partial charge in [-0.15, -0.1) is 0 Å². The van der Waals surface area contributed by atoms with Crippen LogP contribution in [-0.2, 0) is 109 Å². The molecule has 2 saturated heterocycles. The summed E-state index contributed by atoms with van der Waals surface area (Å²) in [5, 5.41) is 26.9. The Morgan fingerprint density at radius 1 is 0.486 bits per heavy atom. The second-order valence-electron chi connectivity index (χ2n) is 30.2. The highest BCUT2D eigenvalue weighted by atomic mass is 35.7. The monoisotopic (exact) mass is 1640 g/mol. The van der Waals surface area contributed by atoms with Gasteiger partial charge in [0, 0.05) is 43.6 Å². The van der Waals surface area contributed by atoms with Crippen molar-refractivity contribution in [1.82, 2.24) is 0 Å². The maximum absolute atomic E-state index is 13.0. The lowest BCUT2D eigenvalue weighted by molar-refractivity contribution is -0.140. The molecule has 0 bridgehead atoms. The van der Waals surface area contributed by atoms with Gasteiger partial charge in [0.15, 0.2) is 11.6 Å². The van der Waals surface area contributed by atoms with Gasteiger partial charge >= 0.3 is 21.6 Å². The molecule has 0 saturated carbocycles. The fraction of sp³-hybridized carbons (Fsp3) is 0.671. The molecule has 4 aromatic carbocycles. The Labute approximate surface area is 672 Å². The number of hydrogen-bond donors (Lipinski definition) is 4. The average Bonchev–Trinajstić information content (AvgIpc) is 1.80. The molecule has 6 rings (SSSR count). The number of halogens is 1. The van der Waals surface area contributed by atoms with Gasteiger partial charge in [-0.3, -0.25) is 46.3 Å². The molecule has 8 unspecified atom stereocenters. The molecule has 2 aliphatic rings. The normalized spacial score (nSPS) is 16.8. The average molecular weight is 1640 g/mol. The van der Waals surface area contributed by atoms with Crippen LogP contribution in [0.1, 0.15) is 259 Å². The van der Waals surface area contributed by atoms with Crippen LogP contribution in [0.25, 0.3) is 0 Å². The molecular formula is C85H141ClNO21P3. The Morgan fingerprint density at radius 2 is 0.802 bits per heavy atom. The van der Waals surface area contributed by atoms with E-state index >= 15 is 0 Å². The van der Waals surface area contributed by atoms with Crippen LogP contribution in [0.3, 0.4) is 0 Å². The van der Waals surface area contributed by atoms with Crippen molar-refractivity contribution < 1.29 is 98.8 Å². The lowest BCUT2D eigenvalue weighted by Crippen LogP contribution is -2.26. The molecule has 634 valence electrons. The molecule has 2 fully saturated rings. The van der Waals surface area contributed by atoms with Crippen LogP contribution >= 0.6 is 34.6 Å². The van der Waals surface area contributed by atoms with Gasteiger partial charge in [0.05, 0.1) is 96.4 Å². The van der Waals surface area contributed by atoms with E-state index < -0.39 is 59.0 Å². The second-order valence-corrected chi connectivity index (χ2v) is 35.3. The van der Waals surface area contributed by atoms with Crippen LogP contribution in [0, 0.1) is 23.7 Å². The third-order valence-corrected chi connectivity index (χ3v) is 22.2. The molecule has 111 heavy (non-hydrogen) atoms. The molecule has 4 aromatic rings. The summed E-state index contributed by atoms with van der Waals surface area (Å²) in [7, 11) is -8.85. The number of Topliss-reactive ketones (excluding diaryl/α,β-unsaturated/α-hetero) is 3. The lowest BCUT2D eigenvalue weighted by atomic mass is 9.92. The highest BCUT2D eigenvalue weighted by Gasteiger charge is 2.36. The number of aliphatic carboxylic acids is 1. The van der Waals surface area contributed by atoms with Crippen molar-refractivity contribution in [2.75, 3.05) is 72.6 Å². The third kappa shape index (κ3) is 45.9. The zero-order valence-electron chi connectivity index (χ0n) is 71.0. The van der Waals surface area contributed by atoms with Crippen LogP contribution in [-0.4, -0.2) is 147 Å². The number of ketones is 3. The second kappa shape index (κ2) is 56.3. The van der Waals surface area contributed by atoms with Gasteiger partial charge in [0.25, 0.3) is 7.73 Å². The maximum Gasteiger partial charge on any atom is 0.475 e. The molecule has 8 atom stereocenters. The molecule has 0 amide bonds. The van der Waals surface area contributed by atoms with Crippen molar-refractivity contribution in [2.45, 2.75) is 276 Å². The number of aliphatic hydroxyl groups excluding tert-OH is 2. The fourth-order valence-electron chi connectivity index (χ4n) is 11.4. The first-order valence-electron chi connectivity index (χ1n) is 39.8. The fourth-order valence-corrected chi connectivity index (χ4v) is 15.0. The van der Waals surface area contributed by atoms with Crippen molar-refractivity contribution in [1.29, 1.82) is 0 Å². The lowest BCUT2D eigenvalue weighted by Gasteiger charge is -2.25. The van der Waals surface area contributed by atoms with Gasteiger partial charge in [-0.25, -0.2) is 9.13 Å². The van der Waals surface area contributed by atoms with Gasteiger partial charge in [-0.1, -0.05) is 173 Å². The number of rotatable bonds is 44. The Bertz CT molecular complexity index is 3240. The third-order valence-electron chi connectivity index (χ3n) is 17.4. The first-order chi connectivity index (χ1) is 52.2. The summed E-state index contributed by atoms with van der Waals surface area (Å²) in [5.41, 5.74) is 14.4. The largest absolute Gasteiger partial charge is 0.481 e. The number of hydrogen-bond acceptors (Lipinski definition) is 21. The highest BCUT2D eigenvalue weighted by molar-refractivity contribution is 7.76. The molecule has 2 heterocycles. The number of carbonyl (C=O) groups excluding carboxylic acids is 3. The topological polar surface area (TPSA) is 300 Å². The van der Waals surface area contributed by atoms with E-state index in [2.05, 4.69) is 104 Å². The predicted octanol–water partition coefficient (Wildman–Crippen LogP) is 20.0. The summed E-state index contributed by atoms with van der Waals surface area (Å²) in [4.78, 5) is 48.2. The summed E-state index contributed by atoms with van der Waals surface area (Å²) in [6.45, 7) is 45.8. The van der Waals surface area contributed by atoms with Crippen LogP contribution in [0.5, 0.6) is 0 Å². The van der Waals surface area contributed by atoms with E-state index in [9.17, 15) is 33.4 Å². The van der Waals surface area contributed by atoms with Gasteiger partial charge in [-0.2, -0.15) is 0 Å². The summed E-state index contributed by atoms with van der Waals surface area (Å²) in [5.74, 6) is 0.171. The Hall–Kier alpha value is -4.06. The number of nitrogens with two attached hydrogens (primary N) is 1. The number of carboxylic acids is 1. The minimum atomic E-state index is -3.91. The zero-order chi connectivity index (χ0) is 84.1. The van der Waals surface area contributed by atoms with E-state index in [1.165, 1.54) is 22.3 Å². The van der Waals surface area contributed by atoms with Crippen LogP contribution in [0.2, 0.25) is 0 Å². The molecule has 0 radical (unpaired) electrons. The molecule has 22 nitrogen and oxygen atoms in total. The van der Waals surface area contributed by atoms with Crippen molar-refractivity contribution in [2.24, 2.45) is 29.4 Å². The van der Waals surface area contributed by atoms with E-state index in [4.69, 9.17) is 82.3 Å². The first kappa shape index (κ1) is 105. The summed E-state index contributed by atoms with van der Waals surface area (Å²) >= 11 is 5.50. The Balaban J connectivity index is 0.000000713. The van der Waals surface area contributed by atoms with E-state index in [-0.39, 0.29) is 99.8 Å². The molecule has 5 N–H and O–H groups in total. The van der Waals surface area contributed by atoms with Crippen molar-refractivity contribution in [3.8, 4) is 0 Å². The number of aliphatic hydroxyl groups is 2. The number of phosphoric ester groups is 2. The van der Waals surface area contributed by atoms with Gasteiger partial charge in [0.2, 0.25) is 0 Å². The van der Waals surface area contributed by atoms with Crippen molar-refractivity contribution in [3.63, 3.8) is 0 Å². The SMILES string of the molecule is CC(C)Cc1ccc(C(C)C(=O)CCC(O)CO)cc1.CC(C)Cc1ccc(C(C)C(=O)CCC2COC(C)(C)O2)cc1.CC(C)Cc1ccc(C(C)C(=O)O)cc1.CC1(C)OCC(CN)O1.CCOP(=O)(OCC)OCC(CCC(=O)C(C)c1ccc(CC(C)C)cc1)OP(=O)(OCC)OCC.CCOP(Cl)OCC. The van der Waals surface area contributed by atoms with Crippen LogP contribution < -0.4 is 5.73 Å². The summed E-state index contributed by atoms with van der Waals surface area (Å²) in [6, 6.07) is 32.6. The van der Waals surface area contributed by atoms with Gasteiger partial charge < -0.3 is 49.0 Å². The number of phosphoric acid groups is 2. The van der Waals surface area contributed by atoms with E-state index in [0.29, 0.717) is 75.9 Å². The van der Waals surface area contributed by atoms with Gasteiger partial charge in [0.1, 0.15) is 17.3 Å². The smallest absolute Gasteiger partial charge is 0.475 e. The molecule has 2 aliphatic heterocycles. The van der Waals surface area contributed by atoms with Crippen LogP contribution in [0.15, 0.2) is 97.1 Å². The molecule has 0 aromatic heterocycles. The first-order valence-corrected chi connectivity index (χ1v) is 44.8. The van der Waals surface area contributed by atoms with Crippen molar-refractivity contribution in [3.05, 3.63) is 142 Å². The number of benzene rings is 4. The van der Waals surface area contributed by atoms with E-state index in [0.717, 1.165) is 54.4 Å². The van der Waals surface area contributed by atoms with Crippen molar-refractivity contribution >= 4 is 57.9 Å². The predicted molar refractivity (Wildman–Crippen MR) is 444 cm³/mol. The minimum Gasteiger partial charge on any atom is -0.481 e. The minimum absolute atomic E-state index is 0.0133. The van der Waals surface area contributed by atoms with Crippen LogP contribution in [0.4, 0.5) is 0 Å². The number of carbonyl (C=O) groups is 4. The van der Waals surface area contributed by atoms with E-state index in [1.54, 1.807) is 34.6 Å². The van der Waals surface area contributed by atoms with Gasteiger partial charge in [-0.05, 0) is 201 Å². The summed E-state index contributed by atoms with van der Waals surface area (Å²) < 4.78 is 89.3. The zero-order valence-corrected chi connectivity index (χ0v) is 74.4. The Morgan fingerprint density at radius 3 is 1.08 bits per heavy atom. The number of carboxylic acid groups (broad SMARTS) is 1. The highest BCUT2D eigenvalue weighted by Crippen LogP contribution is 2.53. The quantitative estimate of drug-likeness (QED) is 0.0299. The molecular weight excluding hydrogens is 1500 g/mol. The summed E-state index contributed by atoms with van der Waals surface area (Å²) in [6.07, 6.45) is 4.76. The molecule has 0 spiro atoms. The Kier molecular flexibility index (Phi) is 53.2. The number of ether oxygens (including phenoxy) is 4. The van der Waals surface area contributed by atoms with E-state index in [1.807, 2.05) is 111 Å². The standard InChI is InChI=1S/C25H44O9P2.C20H30O3.C17H26O3.C13H18O2.C6H13NO2.C4H10ClO2P/c1-8-29-35(27,30-9-2)33-19-24(34-36(28,31-10-3)32-11-4)16-17-25(26)21(7)23-14-12-22(13-15-23)18-20(5)6;1-14(2)12-16-6-8-17(9-7-16)15(3)19(21)11-10-18-13-22-20(4,5)23-18;1-12(2)10-14-4-6-15(7-5-14)13(3)17(20)9-8-16(19)11-18;1-9(2)8-11-4-6-12(7-5-11)10(3)13(14)15;1-6(2)8-4-5(3-7)9-6;1-3-6-8(5)7-4-2/h12-15,20-21,24H,8-11,16-19H2,1-7H3;6-9,14-15,18H,10-13H2,1-5H3;4-7,12-13,16,18-19H,8-11H2,1-3H3;4-7,9-10H,8H2,1-3H3,(H,14,15);5H,3-4,7H2,1-2H3;3-4H2,1-2H3. The maximum atomic E-state index is 13.0. The molecule has 0 aliphatic carbocycles.